The zero-order chi connectivity index (χ0) is 78.9. The molecule has 0 bridgehead atoms. The Kier molecular flexibility index (Phi) is 75.0. The van der Waals surface area contributed by atoms with Crippen molar-refractivity contribution in [1.82, 2.24) is 0 Å². The number of phosphoric ester groups is 2. The molecule has 612 valence electrons. The quantitative estimate of drug-likeness (QED) is 0.0169. The summed E-state index contributed by atoms with van der Waals surface area (Å²) < 4.78 is 68.6. The van der Waals surface area contributed by atoms with Crippen molar-refractivity contribution >= 4 is 39.5 Å². The fraction of sp³-hybridized carbons (Fsp3) is 0.618. The first-order chi connectivity index (χ1) is 52.7. The van der Waals surface area contributed by atoms with E-state index >= 15 is 0 Å². The summed E-state index contributed by atoms with van der Waals surface area (Å²) in [4.78, 5) is 73.1. The lowest BCUT2D eigenvalue weighted by molar-refractivity contribution is -0.161. The average molecular weight is 1550 g/mol. The van der Waals surface area contributed by atoms with E-state index < -0.39 is 97.5 Å². The minimum atomic E-state index is -5.01. The molecule has 0 aliphatic heterocycles. The Morgan fingerprint density at radius 2 is 0.491 bits per heavy atom. The summed E-state index contributed by atoms with van der Waals surface area (Å²) in [6, 6.07) is 0. The number of carbonyl (C=O) groups excluding carboxylic acids is 4. The van der Waals surface area contributed by atoms with Crippen LogP contribution < -0.4 is 0 Å². The van der Waals surface area contributed by atoms with Gasteiger partial charge in [-0.3, -0.25) is 37.3 Å². The van der Waals surface area contributed by atoms with Gasteiger partial charge in [0, 0.05) is 25.7 Å². The van der Waals surface area contributed by atoms with E-state index in [-0.39, 0.29) is 25.7 Å². The van der Waals surface area contributed by atoms with E-state index in [4.69, 9.17) is 37.0 Å². The topological polar surface area (TPSA) is 237 Å². The van der Waals surface area contributed by atoms with Gasteiger partial charge in [-0.05, 0) is 173 Å². The van der Waals surface area contributed by atoms with Crippen LogP contribution in [0, 0.1) is 0 Å². The van der Waals surface area contributed by atoms with Gasteiger partial charge in [0.25, 0.3) is 0 Å². The van der Waals surface area contributed by atoms with Gasteiger partial charge >= 0.3 is 39.5 Å². The zero-order valence-electron chi connectivity index (χ0n) is 66.9. The molecule has 5 atom stereocenters. The highest BCUT2D eigenvalue weighted by Gasteiger charge is 2.30. The number of aliphatic hydroxyl groups excluding tert-OH is 1. The summed E-state index contributed by atoms with van der Waals surface area (Å²) in [5.74, 6) is -2.31. The van der Waals surface area contributed by atoms with E-state index in [1.165, 1.54) is 19.3 Å². The van der Waals surface area contributed by atoms with E-state index in [2.05, 4.69) is 198 Å². The molecule has 0 rings (SSSR count). The summed E-state index contributed by atoms with van der Waals surface area (Å²) in [6.45, 7) is 4.38. The van der Waals surface area contributed by atoms with Crippen molar-refractivity contribution in [2.45, 2.75) is 316 Å². The summed E-state index contributed by atoms with van der Waals surface area (Å²) in [5, 5.41) is 10.7. The maximum atomic E-state index is 13.1. The van der Waals surface area contributed by atoms with Gasteiger partial charge in [0.2, 0.25) is 0 Å². The standard InChI is InChI=1S/C89H144O17P2/c1-5-9-13-17-21-25-29-33-37-40-41-44-47-50-54-58-62-66-70-74-87(92)100-79-84(105-88(93)75-71-67-63-59-55-51-45-36-32-28-24-20-16-12-8-4)81-103-107(95,96)101-77-83(90)78-102-108(97,98)104-82-85(106-89(94)76-72-68-64-60-56-52-48-43-39-35-31-27-23-19-15-11-7-3)80-99-86(91)73-69-65-61-57-53-49-46-42-38-34-30-26-22-18-14-10-6-2/h9-11,13-15,21-28,33-39,41,44-46,48-49,52,57,61,83-85,90H,5-8,12,16-20,29-32,40,42-43,47,50-51,53-56,58-60,62-82H2,1-4H3,(H,95,96)(H,97,98)/b13-9-,14-10-,15-11-,25-21-,26-22-,27-23-,28-24-,37-33-,38-34-,39-35-,44-41-,45-36-,49-46-,52-48-,61-57-. The molecule has 19 heteroatoms. The van der Waals surface area contributed by atoms with Crippen molar-refractivity contribution in [2.75, 3.05) is 39.6 Å². The van der Waals surface area contributed by atoms with Gasteiger partial charge in [0.15, 0.2) is 12.2 Å². The summed E-state index contributed by atoms with van der Waals surface area (Å²) in [6.07, 6.45) is 95.8. The minimum Gasteiger partial charge on any atom is -0.462 e. The largest absolute Gasteiger partial charge is 0.472 e. The number of hydrogen-bond acceptors (Lipinski definition) is 15. The molecular formula is C89H144O17P2. The van der Waals surface area contributed by atoms with E-state index in [0.717, 1.165) is 193 Å². The molecular weight excluding hydrogens is 1400 g/mol. The van der Waals surface area contributed by atoms with E-state index in [1.54, 1.807) is 0 Å². The molecule has 5 unspecified atom stereocenters. The number of allylic oxidation sites excluding steroid dienone is 30. The van der Waals surface area contributed by atoms with Crippen LogP contribution in [0.4, 0.5) is 0 Å². The molecule has 17 nitrogen and oxygen atoms in total. The maximum absolute atomic E-state index is 13.1. The lowest BCUT2D eigenvalue weighted by Crippen LogP contribution is -2.30. The predicted molar refractivity (Wildman–Crippen MR) is 445 cm³/mol. The molecule has 0 aliphatic rings. The third-order valence-corrected chi connectivity index (χ3v) is 18.2. The highest BCUT2D eigenvalue weighted by molar-refractivity contribution is 7.47. The molecule has 0 aromatic heterocycles. The first-order valence-corrected chi connectivity index (χ1v) is 44.0. The highest BCUT2D eigenvalue weighted by Crippen LogP contribution is 2.45. The number of carbonyl (C=O) groups is 4. The Labute approximate surface area is 654 Å². The normalized spacial score (nSPS) is 14.8. The van der Waals surface area contributed by atoms with Crippen LogP contribution in [0.3, 0.4) is 0 Å². The molecule has 0 aromatic rings. The smallest absolute Gasteiger partial charge is 0.462 e. The van der Waals surface area contributed by atoms with Crippen molar-refractivity contribution in [3.05, 3.63) is 182 Å². The molecule has 0 amide bonds. The van der Waals surface area contributed by atoms with Crippen LogP contribution in [-0.2, 0) is 65.4 Å². The fourth-order valence-electron chi connectivity index (χ4n) is 10.2. The second-order valence-corrected chi connectivity index (χ2v) is 29.5. The Morgan fingerprint density at radius 1 is 0.269 bits per heavy atom. The van der Waals surface area contributed by atoms with Gasteiger partial charge in [-0.1, -0.05) is 281 Å². The maximum Gasteiger partial charge on any atom is 0.472 e. The number of ether oxygens (including phenoxy) is 4. The SMILES string of the molecule is CC/C=C\C/C=C\C/C=C\C/C=C\C/C=C\CCCC(=O)OCC(COP(=O)(O)OCC(O)COP(=O)(O)OCC(COC(=O)CCCCCCCC/C=C\C/C=C\C/C=C\C/C=C\CC)OC(=O)CCCCCCC/C=C\C/C=C\CCCCC)OC(=O)CCCCCC/C=C\C/C=C\C/C=C\C/C=C\CC. The van der Waals surface area contributed by atoms with Crippen LogP contribution in [0.15, 0.2) is 182 Å². The Hall–Kier alpha value is -5.84. The average Bonchev–Trinajstić information content (AvgIpc) is 0.901. The molecule has 0 spiro atoms. The van der Waals surface area contributed by atoms with Gasteiger partial charge < -0.3 is 33.8 Å². The fourth-order valence-corrected chi connectivity index (χ4v) is 11.8. The van der Waals surface area contributed by atoms with Crippen molar-refractivity contribution < 1.29 is 80.2 Å². The lowest BCUT2D eigenvalue weighted by Gasteiger charge is -2.21. The molecule has 0 heterocycles. The van der Waals surface area contributed by atoms with Crippen LogP contribution in [0.2, 0.25) is 0 Å². The monoisotopic (exact) mass is 1550 g/mol. The Bertz CT molecular complexity index is 2760. The number of hydrogen-bond donors (Lipinski definition) is 3. The van der Waals surface area contributed by atoms with E-state index in [1.807, 2.05) is 12.2 Å². The molecule has 0 saturated heterocycles. The zero-order valence-corrected chi connectivity index (χ0v) is 68.7. The number of aliphatic hydroxyl groups is 1. The lowest BCUT2D eigenvalue weighted by atomic mass is 10.1. The number of phosphoric acid groups is 2. The Balaban J connectivity index is 5.48. The van der Waals surface area contributed by atoms with Gasteiger partial charge in [-0.15, -0.1) is 0 Å². The minimum absolute atomic E-state index is 0.0473. The van der Waals surface area contributed by atoms with Crippen molar-refractivity contribution in [1.29, 1.82) is 0 Å². The summed E-state index contributed by atoms with van der Waals surface area (Å²) in [7, 11) is -10.0. The molecule has 0 saturated carbocycles. The number of rotatable bonds is 75. The van der Waals surface area contributed by atoms with Crippen LogP contribution in [0.25, 0.3) is 0 Å². The van der Waals surface area contributed by atoms with Gasteiger partial charge in [-0.25, -0.2) is 9.13 Å². The first-order valence-electron chi connectivity index (χ1n) is 41.0. The summed E-state index contributed by atoms with van der Waals surface area (Å²) in [5.41, 5.74) is 0. The molecule has 0 aromatic carbocycles. The van der Waals surface area contributed by atoms with Crippen molar-refractivity contribution in [3.63, 3.8) is 0 Å². The van der Waals surface area contributed by atoms with Gasteiger partial charge in [0.1, 0.15) is 19.3 Å². The second kappa shape index (κ2) is 79.3. The molecule has 108 heavy (non-hydrogen) atoms. The highest BCUT2D eigenvalue weighted by atomic mass is 31.2. The van der Waals surface area contributed by atoms with Gasteiger partial charge in [0.05, 0.1) is 26.4 Å². The van der Waals surface area contributed by atoms with Crippen molar-refractivity contribution in [3.8, 4) is 0 Å². The molecule has 0 radical (unpaired) electrons. The third-order valence-electron chi connectivity index (χ3n) is 16.3. The number of esters is 4. The second-order valence-electron chi connectivity index (χ2n) is 26.6. The Morgan fingerprint density at radius 3 is 0.778 bits per heavy atom. The van der Waals surface area contributed by atoms with E-state index in [9.17, 15) is 43.2 Å². The predicted octanol–water partition coefficient (Wildman–Crippen LogP) is 24.3. The van der Waals surface area contributed by atoms with Crippen molar-refractivity contribution in [2.24, 2.45) is 0 Å². The summed E-state index contributed by atoms with van der Waals surface area (Å²) >= 11 is 0. The van der Waals surface area contributed by atoms with Crippen LogP contribution in [0.1, 0.15) is 297 Å². The molecule has 0 aliphatic carbocycles. The van der Waals surface area contributed by atoms with E-state index in [0.29, 0.717) is 32.1 Å². The third kappa shape index (κ3) is 78.3. The van der Waals surface area contributed by atoms with Crippen LogP contribution in [0.5, 0.6) is 0 Å². The number of unbranched alkanes of at least 4 members (excludes halogenated alkanes) is 19. The molecule has 3 N–H and O–H groups in total. The van der Waals surface area contributed by atoms with Crippen LogP contribution >= 0.6 is 15.6 Å². The van der Waals surface area contributed by atoms with Crippen LogP contribution in [-0.4, -0.2) is 96.7 Å². The molecule has 0 fully saturated rings. The first kappa shape index (κ1) is 102. The van der Waals surface area contributed by atoms with Gasteiger partial charge in [-0.2, -0.15) is 0 Å².